The van der Waals surface area contributed by atoms with E-state index in [4.69, 9.17) is 11.7 Å². The molecule has 19 heavy (non-hydrogen) atoms. The van der Waals surface area contributed by atoms with Crippen molar-refractivity contribution in [3.05, 3.63) is 35.9 Å². The van der Waals surface area contributed by atoms with Crippen LogP contribution in [0.5, 0.6) is 0 Å². The van der Waals surface area contributed by atoms with Gasteiger partial charge in [0.1, 0.15) is 11.6 Å². The molecular formula is C12H17N7. The second kappa shape index (κ2) is 5.98. The number of nitrogens with two attached hydrogens (primary N) is 2. The summed E-state index contributed by atoms with van der Waals surface area (Å²) < 4.78 is 0. The standard InChI is InChI=1S/C12H17N7/c1-2-8-5-3-4-6-9(8)15-12-16-10(18-13)7-11(17-12)19-14/h3-7H,2,13-14H2,1H3,(H3,15,16,17,18,19). The molecule has 7 nitrogen and oxygen atoms in total. The molecule has 2 rings (SSSR count). The normalized spacial score (nSPS) is 10.1. The number of aromatic nitrogens is 2. The molecule has 7 heteroatoms. The highest BCUT2D eigenvalue weighted by Crippen LogP contribution is 2.21. The largest absolute Gasteiger partial charge is 0.324 e. The van der Waals surface area contributed by atoms with Crippen molar-refractivity contribution in [3.63, 3.8) is 0 Å². The number of hydrogen-bond donors (Lipinski definition) is 5. The number of nitrogens with one attached hydrogen (secondary N) is 3. The summed E-state index contributed by atoms with van der Waals surface area (Å²) in [6, 6.07) is 9.58. The molecule has 7 N–H and O–H groups in total. The summed E-state index contributed by atoms with van der Waals surface area (Å²) in [6.45, 7) is 2.09. The minimum atomic E-state index is 0.421. The smallest absolute Gasteiger partial charge is 0.231 e. The molecule has 1 aromatic carbocycles. The van der Waals surface area contributed by atoms with Crippen LogP contribution in [0.1, 0.15) is 12.5 Å². The van der Waals surface area contributed by atoms with Crippen molar-refractivity contribution in [2.24, 2.45) is 11.7 Å². The molecule has 0 aliphatic carbocycles. The second-order valence-corrected chi connectivity index (χ2v) is 3.89. The summed E-state index contributed by atoms with van der Waals surface area (Å²) in [5, 5.41) is 3.16. The lowest BCUT2D eigenvalue weighted by molar-refractivity contribution is 1.10. The Morgan fingerprint density at radius 2 is 1.68 bits per heavy atom. The van der Waals surface area contributed by atoms with Crippen LogP contribution >= 0.6 is 0 Å². The van der Waals surface area contributed by atoms with E-state index < -0.39 is 0 Å². The average Bonchev–Trinajstić information content (AvgIpc) is 2.47. The van der Waals surface area contributed by atoms with Gasteiger partial charge in [0.15, 0.2) is 0 Å². The fourth-order valence-corrected chi connectivity index (χ4v) is 1.72. The summed E-state index contributed by atoms with van der Waals surface area (Å²) >= 11 is 0. The molecule has 0 saturated carbocycles. The zero-order valence-electron chi connectivity index (χ0n) is 10.6. The predicted molar refractivity (Wildman–Crippen MR) is 76.8 cm³/mol. The Kier molecular flexibility index (Phi) is 4.11. The predicted octanol–water partition coefficient (Wildman–Crippen LogP) is 1.35. The third-order valence-corrected chi connectivity index (χ3v) is 2.67. The van der Waals surface area contributed by atoms with Gasteiger partial charge in [0, 0.05) is 11.8 Å². The van der Waals surface area contributed by atoms with Crippen molar-refractivity contribution < 1.29 is 0 Å². The van der Waals surface area contributed by atoms with E-state index in [-0.39, 0.29) is 0 Å². The Hall–Kier alpha value is -2.38. The van der Waals surface area contributed by atoms with E-state index in [0.717, 1.165) is 12.1 Å². The first-order valence-electron chi connectivity index (χ1n) is 5.94. The second-order valence-electron chi connectivity index (χ2n) is 3.89. The number of para-hydroxylation sites is 1. The average molecular weight is 259 g/mol. The summed E-state index contributed by atoms with van der Waals surface area (Å²) in [7, 11) is 0. The molecule has 0 aliphatic rings. The molecule has 1 heterocycles. The van der Waals surface area contributed by atoms with Crippen LogP contribution in [0.4, 0.5) is 23.3 Å². The molecule has 1 aromatic heterocycles. The topological polar surface area (TPSA) is 114 Å². The third-order valence-electron chi connectivity index (χ3n) is 2.67. The maximum absolute atomic E-state index is 5.36. The molecule has 0 radical (unpaired) electrons. The Bertz CT molecular complexity index is 533. The maximum Gasteiger partial charge on any atom is 0.231 e. The Labute approximate surface area is 111 Å². The number of benzene rings is 1. The van der Waals surface area contributed by atoms with Crippen molar-refractivity contribution in [2.75, 3.05) is 16.2 Å². The highest BCUT2D eigenvalue weighted by atomic mass is 15.3. The van der Waals surface area contributed by atoms with E-state index in [1.165, 1.54) is 5.56 Å². The van der Waals surface area contributed by atoms with Crippen LogP contribution in [0, 0.1) is 0 Å². The number of anilines is 4. The highest BCUT2D eigenvalue weighted by molar-refractivity contribution is 5.61. The SMILES string of the molecule is CCc1ccccc1Nc1nc(NN)cc(NN)n1. The zero-order chi connectivity index (χ0) is 13.7. The van der Waals surface area contributed by atoms with Gasteiger partial charge in [-0.1, -0.05) is 25.1 Å². The van der Waals surface area contributed by atoms with Gasteiger partial charge in [-0.3, -0.25) is 0 Å². The van der Waals surface area contributed by atoms with E-state index in [9.17, 15) is 0 Å². The molecular weight excluding hydrogens is 242 g/mol. The molecule has 100 valence electrons. The van der Waals surface area contributed by atoms with Gasteiger partial charge in [-0.25, -0.2) is 11.7 Å². The summed E-state index contributed by atoms with van der Waals surface area (Å²) in [5.41, 5.74) is 7.08. The molecule has 0 unspecified atom stereocenters. The van der Waals surface area contributed by atoms with E-state index in [1.807, 2.05) is 18.2 Å². The van der Waals surface area contributed by atoms with Gasteiger partial charge in [-0.15, -0.1) is 0 Å². The van der Waals surface area contributed by atoms with E-state index >= 15 is 0 Å². The van der Waals surface area contributed by atoms with E-state index in [2.05, 4.69) is 39.1 Å². The van der Waals surface area contributed by atoms with Crippen LogP contribution in [0.2, 0.25) is 0 Å². The lowest BCUT2D eigenvalue weighted by atomic mass is 10.1. The van der Waals surface area contributed by atoms with Crippen LogP contribution in [0.15, 0.2) is 30.3 Å². The summed E-state index contributed by atoms with van der Waals surface area (Å²) in [5.74, 6) is 12.1. The number of aryl methyl sites for hydroxylation is 1. The van der Waals surface area contributed by atoms with Gasteiger partial charge >= 0.3 is 0 Å². The quantitative estimate of drug-likeness (QED) is 0.407. The van der Waals surface area contributed by atoms with Gasteiger partial charge in [0.05, 0.1) is 0 Å². The monoisotopic (exact) mass is 259 g/mol. The van der Waals surface area contributed by atoms with Crippen LogP contribution in [0.3, 0.4) is 0 Å². The van der Waals surface area contributed by atoms with Gasteiger partial charge in [-0.05, 0) is 18.1 Å². The fourth-order valence-electron chi connectivity index (χ4n) is 1.72. The Morgan fingerprint density at radius 3 is 2.26 bits per heavy atom. The minimum absolute atomic E-state index is 0.421. The Balaban J connectivity index is 2.32. The third kappa shape index (κ3) is 3.09. The van der Waals surface area contributed by atoms with Gasteiger partial charge in [0.2, 0.25) is 5.95 Å². The summed E-state index contributed by atoms with van der Waals surface area (Å²) in [4.78, 5) is 8.43. The maximum atomic E-state index is 5.36. The number of nitrogens with zero attached hydrogens (tertiary/aromatic N) is 2. The summed E-state index contributed by atoms with van der Waals surface area (Å²) in [6.07, 6.45) is 0.917. The lowest BCUT2D eigenvalue weighted by Gasteiger charge is -2.11. The first kappa shape index (κ1) is 13.1. The molecule has 2 aromatic rings. The van der Waals surface area contributed by atoms with Crippen LogP contribution in [-0.2, 0) is 6.42 Å². The minimum Gasteiger partial charge on any atom is -0.324 e. The van der Waals surface area contributed by atoms with Crippen LogP contribution in [-0.4, -0.2) is 9.97 Å². The van der Waals surface area contributed by atoms with Gasteiger partial charge in [-0.2, -0.15) is 9.97 Å². The number of rotatable bonds is 5. The van der Waals surface area contributed by atoms with E-state index in [1.54, 1.807) is 6.07 Å². The molecule has 0 bridgehead atoms. The molecule has 0 aliphatic heterocycles. The lowest BCUT2D eigenvalue weighted by Crippen LogP contribution is -2.14. The molecule has 0 fully saturated rings. The molecule has 0 atom stereocenters. The molecule has 0 amide bonds. The highest BCUT2D eigenvalue weighted by Gasteiger charge is 2.05. The van der Waals surface area contributed by atoms with Crippen molar-refractivity contribution in [3.8, 4) is 0 Å². The Morgan fingerprint density at radius 1 is 1.05 bits per heavy atom. The van der Waals surface area contributed by atoms with Crippen molar-refractivity contribution in [1.82, 2.24) is 9.97 Å². The van der Waals surface area contributed by atoms with Crippen LogP contribution < -0.4 is 27.9 Å². The first-order chi connectivity index (χ1) is 9.26. The first-order valence-corrected chi connectivity index (χ1v) is 5.94. The molecule has 0 saturated heterocycles. The fraction of sp³-hybridized carbons (Fsp3) is 0.167. The number of nitrogen functional groups attached to an aromatic ring is 2. The molecule has 0 spiro atoms. The van der Waals surface area contributed by atoms with E-state index in [0.29, 0.717) is 17.6 Å². The van der Waals surface area contributed by atoms with Crippen LogP contribution in [0.25, 0.3) is 0 Å². The van der Waals surface area contributed by atoms with Gasteiger partial charge in [0.25, 0.3) is 0 Å². The van der Waals surface area contributed by atoms with Gasteiger partial charge < -0.3 is 16.2 Å². The van der Waals surface area contributed by atoms with Crippen molar-refractivity contribution in [1.29, 1.82) is 0 Å². The van der Waals surface area contributed by atoms with Crippen molar-refractivity contribution >= 4 is 23.3 Å². The zero-order valence-corrected chi connectivity index (χ0v) is 10.6. The van der Waals surface area contributed by atoms with Crippen molar-refractivity contribution in [2.45, 2.75) is 13.3 Å². The number of hydrazine groups is 2. The number of hydrogen-bond acceptors (Lipinski definition) is 7.